The highest BCUT2D eigenvalue weighted by molar-refractivity contribution is 7.14. The summed E-state index contributed by atoms with van der Waals surface area (Å²) in [5.74, 6) is 0.982. The first-order chi connectivity index (χ1) is 14.6. The second kappa shape index (κ2) is 9.09. The van der Waals surface area contributed by atoms with Crippen molar-refractivity contribution in [3.63, 3.8) is 0 Å². The molecule has 0 aliphatic rings. The van der Waals surface area contributed by atoms with Gasteiger partial charge in [-0.25, -0.2) is 4.98 Å². The summed E-state index contributed by atoms with van der Waals surface area (Å²) in [7, 11) is 0. The van der Waals surface area contributed by atoms with Crippen molar-refractivity contribution in [2.75, 3.05) is 11.9 Å². The predicted octanol–water partition coefficient (Wildman–Crippen LogP) is 6.49. The molecule has 4 aromatic rings. The summed E-state index contributed by atoms with van der Waals surface area (Å²) >= 11 is 1.41. The number of hydrogen-bond acceptors (Lipinski definition) is 4. The molecule has 1 heterocycles. The van der Waals surface area contributed by atoms with Crippen LogP contribution in [-0.2, 0) is 4.79 Å². The molecule has 152 valence electrons. The molecule has 0 aliphatic carbocycles. The summed E-state index contributed by atoms with van der Waals surface area (Å²) in [5.41, 5.74) is 3.19. The molecule has 0 unspecified atom stereocenters. The first-order valence-electron chi connectivity index (χ1n) is 10.1. The van der Waals surface area contributed by atoms with E-state index in [0.29, 0.717) is 16.8 Å². The van der Waals surface area contributed by atoms with Crippen LogP contribution in [0.1, 0.15) is 31.7 Å². The van der Waals surface area contributed by atoms with Gasteiger partial charge in [-0.15, -0.1) is 11.3 Å². The van der Waals surface area contributed by atoms with E-state index in [1.807, 2.05) is 35.7 Å². The van der Waals surface area contributed by atoms with Gasteiger partial charge in [0.25, 0.3) is 5.91 Å². The van der Waals surface area contributed by atoms with Crippen LogP contribution in [-0.4, -0.2) is 17.5 Å². The third-order valence-electron chi connectivity index (χ3n) is 5.25. The highest BCUT2D eigenvalue weighted by Crippen LogP contribution is 2.31. The molecular weight excluding hydrogens is 392 g/mol. The van der Waals surface area contributed by atoms with Crippen molar-refractivity contribution < 1.29 is 9.53 Å². The van der Waals surface area contributed by atoms with Gasteiger partial charge in [-0.05, 0) is 40.8 Å². The Morgan fingerprint density at radius 1 is 1.07 bits per heavy atom. The zero-order valence-electron chi connectivity index (χ0n) is 17.1. The quantitative estimate of drug-likeness (QED) is 0.374. The molecule has 3 aromatic carbocycles. The minimum atomic E-state index is -0.222. The van der Waals surface area contributed by atoms with Gasteiger partial charge in [-0.1, -0.05) is 68.4 Å². The maximum absolute atomic E-state index is 12.3. The van der Waals surface area contributed by atoms with Gasteiger partial charge in [0.05, 0.1) is 5.69 Å². The lowest BCUT2D eigenvalue weighted by Gasteiger charge is -2.10. The standard InChI is InChI=1S/C25H24N2O2S/c1-3-17(2)18-11-13-20(14-12-18)29-15-24(28)27-25-26-23(16-30-25)22-10-6-8-19-7-4-5-9-21(19)22/h4-14,16-17H,3,15H2,1-2H3,(H,26,27,28)/t17-/m0/s1. The van der Waals surface area contributed by atoms with Gasteiger partial charge in [0.15, 0.2) is 11.7 Å². The molecule has 1 aromatic heterocycles. The van der Waals surface area contributed by atoms with Crippen LogP contribution in [0.3, 0.4) is 0 Å². The lowest BCUT2D eigenvalue weighted by molar-refractivity contribution is -0.118. The summed E-state index contributed by atoms with van der Waals surface area (Å²) in [5, 5.41) is 7.68. The zero-order chi connectivity index (χ0) is 20.9. The number of carbonyl (C=O) groups excluding carboxylic acids is 1. The first kappa shape index (κ1) is 20.1. The van der Waals surface area contributed by atoms with Crippen molar-refractivity contribution in [2.24, 2.45) is 0 Å². The van der Waals surface area contributed by atoms with Crippen molar-refractivity contribution in [3.05, 3.63) is 77.7 Å². The molecule has 0 spiro atoms. The summed E-state index contributed by atoms with van der Waals surface area (Å²) in [6, 6.07) is 22.3. The number of thiazole rings is 1. The lowest BCUT2D eigenvalue weighted by atomic mass is 9.99. The summed E-state index contributed by atoms with van der Waals surface area (Å²) in [4.78, 5) is 16.9. The monoisotopic (exact) mass is 416 g/mol. The number of nitrogens with one attached hydrogen (secondary N) is 1. The van der Waals surface area contributed by atoms with Crippen LogP contribution >= 0.6 is 11.3 Å². The van der Waals surface area contributed by atoms with E-state index in [-0.39, 0.29) is 12.5 Å². The smallest absolute Gasteiger partial charge is 0.264 e. The highest BCUT2D eigenvalue weighted by atomic mass is 32.1. The third-order valence-corrected chi connectivity index (χ3v) is 6.01. The van der Waals surface area contributed by atoms with Gasteiger partial charge < -0.3 is 4.74 Å². The van der Waals surface area contributed by atoms with Crippen molar-refractivity contribution in [1.82, 2.24) is 4.98 Å². The van der Waals surface area contributed by atoms with E-state index in [0.717, 1.165) is 23.1 Å². The molecule has 0 aliphatic heterocycles. The predicted molar refractivity (Wildman–Crippen MR) is 124 cm³/mol. The molecule has 30 heavy (non-hydrogen) atoms. The third kappa shape index (κ3) is 4.52. The largest absolute Gasteiger partial charge is 0.484 e. The Balaban J connectivity index is 1.38. The topological polar surface area (TPSA) is 51.2 Å². The fraction of sp³-hybridized carbons (Fsp3) is 0.200. The van der Waals surface area contributed by atoms with E-state index in [2.05, 4.69) is 60.5 Å². The number of nitrogens with zero attached hydrogens (tertiary/aromatic N) is 1. The van der Waals surface area contributed by atoms with E-state index in [4.69, 9.17) is 4.74 Å². The van der Waals surface area contributed by atoms with Crippen LogP contribution in [0.2, 0.25) is 0 Å². The summed E-state index contributed by atoms with van der Waals surface area (Å²) in [6.07, 6.45) is 1.09. The Morgan fingerprint density at radius 3 is 2.63 bits per heavy atom. The molecule has 1 amide bonds. The average Bonchev–Trinajstić information content (AvgIpc) is 3.25. The molecule has 0 bridgehead atoms. The van der Waals surface area contributed by atoms with E-state index in [9.17, 15) is 4.79 Å². The molecule has 0 saturated heterocycles. The lowest BCUT2D eigenvalue weighted by Crippen LogP contribution is -2.20. The average molecular weight is 417 g/mol. The van der Waals surface area contributed by atoms with Gasteiger partial charge in [-0.3, -0.25) is 10.1 Å². The number of fused-ring (bicyclic) bond motifs is 1. The number of amides is 1. The second-order valence-corrected chi connectivity index (χ2v) is 8.14. The number of rotatable bonds is 7. The highest BCUT2D eigenvalue weighted by Gasteiger charge is 2.11. The van der Waals surface area contributed by atoms with Gasteiger partial charge in [0.1, 0.15) is 5.75 Å². The second-order valence-electron chi connectivity index (χ2n) is 7.28. The minimum absolute atomic E-state index is 0.0497. The van der Waals surface area contributed by atoms with Crippen LogP contribution in [0.25, 0.3) is 22.0 Å². The van der Waals surface area contributed by atoms with E-state index < -0.39 is 0 Å². The minimum Gasteiger partial charge on any atom is -0.484 e. The number of carbonyl (C=O) groups is 1. The fourth-order valence-corrected chi connectivity index (χ4v) is 4.06. The molecule has 4 rings (SSSR count). The Hall–Kier alpha value is -3.18. The number of anilines is 1. The molecule has 0 radical (unpaired) electrons. The Kier molecular flexibility index (Phi) is 6.10. The van der Waals surface area contributed by atoms with Crippen molar-refractivity contribution in [3.8, 4) is 17.0 Å². The zero-order valence-corrected chi connectivity index (χ0v) is 17.9. The van der Waals surface area contributed by atoms with Gasteiger partial charge >= 0.3 is 0 Å². The van der Waals surface area contributed by atoms with Gasteiger partial charge in [-0.2, -0.15) is 0 Å². The Labute approximate surface area is 180 Å². The molecule has 0 saturated carbocycles. The van der Waals surface area contributed by atoms with E-state index in [1.54, 1.807) is 0 Å². The van der Waals surface area contributed by atoms with Crippen molar-refractivity contribution in [1.29, 1.82) is 0 Å². The summed E-state index contributed by atoms with van der Waals surface area (Å²) < 4.78 is 5.62. The normalized spacial score (nSPS) is 11.9. The van der Waals surface area contributed by atoms with Gasteiger partial charge in [0, 0.05) is 10.9 Å². The number of aromatic nitrogens is 1. The van der Waals surface area contributed by atoms with Crippen LogP contribution in [0.5, 0.6) is 5.75 Å². The molecule has 1 atom stereocenters. The fourth-order valence-electron chi connectivity index (χ4n) is 3.34. The van der Waals surface area contributed by atoms with Crippen LogP contribution in [0, 0.1) is 0 Å². The maximum Gasteiger partial charge on any atom is 0.264 e. The molecular formula is C25H24N2O2S. The van der Waals surface area contributed by atoms with Crippen molar-refractivity contribution in [2.45, 2.75) is 26.2 Å². The van der Waals surface area contributed by atoms with Gasteiger partial charge in [0.2, 0.25) is 0 Å². The van der Waals surface area contributed by atoms with Crippen molar-refractivity contribution >= 4 is 33.1 Å². The summed E-state index contributed by atoms with van der Waals surface area (Å²) in [6.45, 7) is 4.32. The number of ether oxygens (including phenoxy) is 1. The number of benzene rings is 3. The van der Waals surface area contributed by atoms with Crippen LogP contribution in [0.15, 0.2) is 72.1 Å². The van der Waals surface area contributed by atoms with Crippen LogP contribution in [0.4, 0.5) is 5.13 Å². The molecule has 4 nitrogen and oxygen atoms in total. The molecule has 0 fully saturated rings. The Morgan fingerprint density at radius 2 is 1.83 bits per heavy atom. The number of hydrogen-bond donors (Lipinski definition) is 1. The molecule has 1 N–H and O–H groups in total. The Bertz CT molecular complexity index is 1150. The molecule has 5 heteroatoms. The van der Waals surface area contributed by atoms with E-state index >= 15 is 0 Å². The van der Waals surface area contributed by atoms with Crippen LogP contribution < -0.4 is 10.1 Å². The maximum atomic E-state index is 12.3. The van der Waals surface area contributed by atoms with E-state index in [1.165, 1.54) is 22.3 Å². The first-order valence-corrected chi connectivity index (χ1v) is 11.0. The SMILES string of the molecule is CC[C@H](C)c1ccc(OCC(=O)Nc2nc(-c3cccc4ccccc34)cs2)cc1.